The van der Waals surface area contributed by atoms with Gasteiger partial charge in [0.1, 0.15) is 0 Å². The summed E-state index contributed by atoms with van der Waals surface area (Å²) in [6, 6.07) is 0. The Morgan fingerprint density at radius 1 is 1.14 bits per heavy atom. The van der Waals surface area contributed by atoms with E-state index in [0.29, 0.717) is 12.8 Å². The van der Waals surface area contributed by atoms with Crippen LogP contribution in [0.5, 0.6) is 0 Å². The Morgan fingerprint density at radius 2 is 1.86 bits per heavy atom. The van der Waals surface area contributed by atoms with Crippen LogP contribution in [0.1, 0.15) is 44.9 Å². The molecule has 0 bridgehead atoms. The Kier molecular flexibility index (Phi) is 14.3. The molecule has 0 radical (unpaired) electrons. The second kappa shape index (κ2) is 14.4. The van der Waals surface area contributed by atoms with Gasteiger partial charge in [-0.25, -0.2) is 0 Å². The van der Waals surface area contributed by atoms with Gasteiger partial charge in [0.05, 0.1) is 22.7 Å². The maximum Gasteiger partial charge on any atom is 0.305 e. The minimum absolute atomic E-state index is 0.171. The number of esters is 1. The zero-order chi connectivity index (χ0) is 16.8. The van der Waals surface area contributed by atoms with E-state index in [1.54, 1.807) is 13.2 Å². The van der Waals surface area contributed by atoms with E-state index in [2.05, 4.69) is 42.7 Å². The van der Waals surface area contributed by atoms with Gasteiger partial charge in [-0.1, -0.05) is 31.1 Å². The normalized spacial score (nSPS) is 13.9. The van der Waals surface area contributed by atoms with Crippen molar-refractivity contribution in [3.05, 3.63) is 21.6 Å². The minimum Gasteiger partial charge on any atom is -0.469 e. The maximum absolute atomic E-state index is 11.1. The Bertz CT molecular complexity index is 352. The van der Waals surface area contributed by atoms with E-state index in [-0.39, 0.29) is 12.1 Å². The molecule has 0 amide bonds. The molecule has 0 aromatic carbocycles. The second-order valence-electron chi connectivity index (χ2n) is 4.97. The third-order valence-electron chi connectivity index (χ3n) is 3.21. The predicted molar refractivity (Wildman–Crippen MR) is 96.2 cm³/mol. The van der Waals surface area contributed by atoms with Crippen LogP contribution in [-0.2, 0) is 14.3 Å². The molecule has 4 nitrogen and oxygen atoms in total. The molecule has 0 aliphatic rings. The third kappa shape index (κ3) is 13.5. The zero-order valence-electron chi connectivity index (χ0n) is 13.3. The average Bonchev–Trinajstić information content (AvgIpc) is 2.50. The molecule has 128 valence electrons. The molecular weight excluding hydrogens is 416 g/mol. The van der Waals surface area contributed by atoms with Gasteiger partial charge in [0.25, 0.3) is 0 Å². The van der Waals surface area contributed by atoms with Crippen LogP contribution in [-0.4, -0.2) is 37.5 Å². The van der Waals surface area contributed by atoms with Crippen LogP contribution in [0, 0.1) is 0 Å². The van der Waals surface area contributed by atoms with Gasteiger partial charge in [-0.3, -0.25) is 4.79 Å². The molecule has 1 N–H and O–H groups in total. The van der Waals surface area contributed by atoms with E-state index in [0.717, 1.165) is 35.5 Å². The molecule has 0 aromatic heterocycles. The first-order valence-electron chi connectivity index (χ1n) is 7.46. The Hall–Kier alpha value is -0.170. The molecule has 0 fully saturated rings. The number of methoxy groups -OCH3 is 2. The first-order valence-corrected chi connectivity index (χ1v) is 9.05. The van der Waals surface area contributed by atoms with E-state index in [1.807, 2.05) is 6.08 Å². The fourth-order valence-electron chi connectivity index (χ4n) is 1.89. The SMILES string of the molecule is COC(=O)CCC(C=CC(O)CCCCCC=C(Br)Br)OC. The highest BCUT2D eigenvalue weighted by atomic mass is 79.9. The fourth-order valence-corrected chi connectivity index (χ4v) is 2.35. The summed E-state index contributed by atoms with van der Waals surface area (Å²) in [5.74, 6) is -0.250. The molecule has 0 saturated carbocycles. The summed E-state index contributed by atoms with van der Waals surface area (Å²) in [6.45, 7) is 0. The molecule has 0 saturated heterocycles. The van der Waals surface area contributed by atoms with Crippen LogP contribution in [0.3, 0.4) is 0 Å². The van der Waals surface area contributed by atoms with E-state index in [1.165, 1.54) is 7.11 Å². The number of ether oxygens (including phenoxy) is 2. The number of unbranched alkanes of at least 4 members (excludes halogenated alkanes) is 3. The number of halogens is 2. The van der Waals surface area contributed by atoms with Gasteiger partial charge in [0.15, 0.2) is 0 Å². The van der Waals surface area contributed by atoms with Crippen molar-refractivity contribution < 1.29 is 19.4 Å². The minimum atomic E-state index is -0.464. The number of allylic oxidation sites excluding steroid dienone is 1. The molecule has 0 heterocycles. The number of carbonyl (C=O) groups is 1. The van der Waals surface area contributed by atoms with E-state index in [9.17, 15) is 9.90 Å². The summed E-state index contributed by atoms with van der Waals surface area (Å²) in [5.41, 5.74) is 0. The molecule has 22 heavy (non-hydrogen) atoms. The largest absolute Gasteiger partial charge is 0.469 e. The average molecular weight is 442 g/mol. The number of carbonyl (C=O) groups excluding carboxylic acids is 1. The van der Waals surface area contributed by atoms with Crippen molar-refractivity contribution in [3.63, 3.8) is 0 Å². The molecule has 0 aromatic rings. The lowest BCUT2D eigenvalue weighted by molar-refractivity contribution is -0.141. The quantitative estimate of drug-likeness (QED) is 0.276. The Labute approximate surface area is 150 Å². The first kappa shape index (κ1) is 21.8. The number of hydrogen-bond donors (Lipinski definition) is 1. The second-order valence-corrected chi connectivity index (χ2v) is 7.75. The monoisotopic (exact) mass is 440 g/mol. The van der Waals surface area contributed by atoms with E-state index >= 15 is 0 Å². The predicted octanol–water partition coefficient (Wildman–Crippen LogP) is 4.45. The van der Waals surface area contributed by atoms with Crippen LogP contribution >= 0.6 is 31.9 Å². The summed E-state index contributed by atoms with van der Waals surface area (Å²) >= 11 is 6.64. The molecule has 0 aliphatic heterocycles. The van der Waals surface area contributed by atoms with Crippen molar-refractivity contribution in [1.29, 1.82) is 0 Å². The molecule has 0 spiro atoms. The van der Waals surface area contributed by atoms with Gasteiger partial charge in [-0.05, 0) is 57.5 Å². The van der Waals surface area contributed by atoms with Gasteiger partial charge in [-0.15, -0.1) is 0 Å². The van der Waals surface area contributed by atoms with Crippen molar-refractivity contribution in [3.8, 4) is 0 Å². The lowest BCUT2D eigenvalue weighted by Crippen LogP contribution is -2.12. The molecule has 0 aliphatic carbocycles. The number of aliphatic hydroxyl groups is 1. The van der Waals surface area contributed by atoms with Crippen molar-refractivity contribution in [2.75, 3.05) is 14.2 Å². The smallest absolute Gasteiger partial charge is 0.305 e. The highest BCUT2D eigenvalue weighted by Gasteiger charge is 2.08. The summed E-state index contributed by atoms with van der Waals surface area (Å²) < 4.78 is 10.8. The van der Waals surface area contributed by atoms with Gasteiger partial charge < -0.3 is 14.6 Å². The number of rotatable bonds is 12. The van der Waals surface area contributed by atoms with Crippen molar-refractivity contribution in [2.24, 2.45) is 0 Å². The maximum atomic E-state index is 11.1. The summed E-state index contributed by atoms with van der Waals surface area (Å²) in [4.78, 5) is 11.1. The third-order valence-corrected chi connectivity index (χ3v) is 3.86. The summed E-state index contributed by atoms with van der Waals surface area (Å²) in [6.07, 6.45) is 10.8. The molecule has 0 rings (SSSR count). The lowest BCUT2D eigenvalue weighted by Gasteiger charge is -2.11. The van der Waals surface area contributed by atoms with Crippen molar-refractivity contribution >= 4 is 37.8 Å². The Morgan fingerprint density at radius 3 is 2.45 bits per heavy atom. The van der Waals surface area contributed by atoms with Crippen LogP contribution in [0.25, 0.3) is 0 Å². The van der Waals surface area contributed by atoms with Crippen LogP contribution in [0.4, 0.5) is 0 Å². The molecule has 2 atom stereocenters. The van der Waals surface area contributed by atoms with E-state index in [4.69, 9.17) is 4.74 Å². The zero-order valence-corrected chi connectivity index (χ0v) is 16.4. The van der Waals surface area contributed by atoms with Gasteiger partial charge >= 0.3 is 5.97 Å². The standard InChI is InChI=1S/C16H26Br2O4/c1-21-14(11-12-16(20)22-2)10-9-13(19)7-5-3-4-6-8-15(17)18/h8-10,13-14,19H,3-7,11-12H2,1-2H3. The number of hydrogen-bond acceptors (Lipinski definition) is 4. The summed E-state index contributed by atoms with van der Waals surface area (Å²) in [7, 11) is 2.96. The molecule has 6 heteroatoms. The fraction of sp³-hybridized carbons (Fsp3) is 0.688. The van der Waals surface area contributed by atoms with Crippen LogP contribution in [0.15, 0.2) is 21.6 Å². The topological polar surface area (TPSA) is 55.8 Å². The van der Waals surface area contributed by atoms with Gasteiger partial charge in [0.2, 0.25) is 0 Å². The summed E-state index contributed by atoms with van der Waals surface area (Å²) in [5, 5.41) is 9.90. The first-order chi connectivity index (χ1) is 10.5. The van der Waals surface area contributed by atoms with Gasteiger partial charge in [-0.2, -0.15) is 0 Å². The van der Waals surface area contributed by atoms with E-state index < -0.39 is 6.10 Å². The van der Waals surface area contributed by atoms with Crippen molar-refractivity contribution in [2.45, 2.75) is 57.2 Å². The highest BCUT2D eigenvalue weighted by molar-refractivity contribution is 9.28. The lowest BCUT2D eigenvalue weighted by atomic mass is 10.1. The molecular formula is C16H26Br2O4. The van der Waals surface area contributed by atoms with Gasteiger partial charge in [0, 0.05) is 13.5 Å². The Balaban J connectivity index is 3.84. The molecule has 2 unspecified atom stereocenters. The van der Waals surface area contributed by atoms with Crippen LogP contribution < -0.4 is 0 Å². The van der Waals surface area contributed by atoms with Crippen LogP contribution in [0.2, 0.25) is 0 Å². The van der Waals surface area contributed by atoms with Crippen molar-refractivity contribution in [1.82, 2.24) is 0 Å². The highest BCUT2D eigenvalue weighted by Crippen LogP contribution is 2.16. The number of aliphatic hydroxyl groups excluding tert-OH is 1.